The van der Waals surface area contributed by atoms with Gasteiger partial charge >= 0.3 is 0 Å². The van der Waals surface area contributed by atoms with Crippen molar-refractivity contribution in [3.63, 3.8) is 0 Å². The van der Waals surface area contributed by atoms with Gasteiger partial charge in [0.25, 0.3) is 0 Å². The van der Waals surface area contributed by atoms with E-state index in [1.165, 1.54) is 4.88 Å². The molecule has 1 atom stereocenters. The fourth-order valence-corrected chi connectivity index (χ4v) is 3.81. The monoisotopic (exact) mass is 355 g/mol. The molecule has 0 aliphatic rings. The molecular weight excluding hydrogens is 338 g/mol. The van der Waals surface area contributed by atoms with E-state index in [9.17, 15) is 0 Å². The second-order valence-electron chi connectivity index (χ2n) is 4.24. The molecule has 0 spiro atoms. The van der Waals surface area contributed by atoms with Crippen LogP contribution >= 0.6 is 27.3 Å². The summed E-state index contributed by atoms with van der Waals surface area (Å²) in [4.78, 5) is 1.26. The lowest BCUT2D eigenvalue weighted by atomic mass is 10.0. The Hall–Kier alpha value is -1.04. The van der Waals surface area contributed by atoms with Crippen LogP contribution in [0.3, 0.4) is 0 Å². The Morgan fingerprint density at radius 2 is 1.95 bits per heavy atom. The van der Waals surface area contributed by atoms with Gasteiger partial charge in [-0.1, -0.05) is 13.0 Å². The van der Waals surface area contributed by atoms with Gasteiger partial charge in [-0.05, 0) is 51.6 Å². The summed E-state index contributed by atoms with van der Waals surface area (Å²) in [5, 5.41) is 5.60. The zero-order valence-corrected chi connectivity index (χ0v) is 14.2. The number of methoxy groups -OCH3 is 2. The molecule has 5 heteroatoms. The number of rotatable bonds is 6. The van der Waals surface area contributed by atoms with Crippen molar-refractivity contribution in [2.45, 2.75) is 13.0 Å². The van der Waals surface area contributed by atoms with Gasteiger partial charge in [0.05, 0.1) is 20.3 Å². The largest absolute Gasteiger partial charge is 0.493 e. The highest BCUT2D eigenvalue weighted by Gasteiger charge is 2.19. The van der Waals surface area contributed by atoms with E-state index in [1.54, 1.807) is 25.6 Å². The molecule has 0 aliphatic carbocycles. The second kappa shape index (κ2) is 7.11. The molecule has 108 valence electrons. The first-order chi connectivity index (χ1) is 9.71. The van der Waals surface area contributed by atoms with Crippen molar-refractivity contribution in [2.24, 2.45) is 0 Å². The molecule has 0 amide bonds. The van der Waals surface area contributed by atoms with Crippen LogP contribution in [0, 0.1) is 0 Å². The Balaban J connectivity index is 2.42. The number of halogens is 1. The quantitative estimate of drug-likeness (QED) is 0.840. The molecule has 1 aromatic heterocycles. The molecular formula is C15H18BrNO2S. The lowest BCUT2D eigenvalue weighted by Crippen LogP contribution is -2.21. The van der Waals surface area contributed by atoms with Gasteiger partial charge in [-0.3, -0.25) is 0 Å². The minimum absolute atomic E-state index is 0.147. The molecule has 1 N–H and O–H groups in total. The van der Waals surface area contributed by atoms with Gasteiger partial charge in [-0.15, -0.1) is 11.3 Å². The zero-order valence-electron chi connectivity index (χ0n) is 11.8. The van der Waals surface area contributed by atoms with E-state index in [4.69, 9.17) is 9.47 Å². The molecule has 2 aromatic rings. The summed E-state index contributed by atoms with van der Waals surface area (Å²) in [6, 6.07) is 8.26. The first-order valence-electron chi connectivity index (χ1n) is 6.39. The highest BCUT2D eigenvalue weighted by Crippen LogP contribution is 2.36. The molecule has 1 heterocycles. The summed E-state index contributed by atoms with van der Waals surface area (Å²) in [6.07, 6.45) is 0. The maximum atomic E-state index is 5.39. The van der Waals surface area contributed by atoms with Crippen molar-refractivity contribution >= 4 is 27.3 Å². The number of benzene rings is 1. The predicted octanol–water partition coefficient (Wildman–Crippen LogP) is 4.23. The Morgan fingerprint density at radius 3 is 2.50 bits per heavy atom. The Labute approximate surface area is 132 Å². The molecule has 0 radical (unpaired) electrons. The fraction of sp³-hybridized carbons (Fsp3) is 0.333. The van der Waals surface area contributed by atoms with Gasteiger partial charge in [-0.25, -0.2) is 0 Å². The smallest absolute Gasteiger partial charge is 0.161 e. The van der Waals surface area contributed by atoms with Crippen LogP contribution in [-0.2, 0) is 0 Å². The molecule has 0 saturated carbocycles. The maximum Gasteiger partial charge on any atom is 0.161 e. The van der Waals surface area contributed by atoms with Gasteiger partial charge in [0.15, 0.2) is 11.5 Å². The van der Waals surface area contributed by atoms with Gasteiger partial charge in [0, 0.05) is 9.35 Å². The van der Waals surface area contributed by atoms with E-state index in [1.807, 2.05) is 12.1 Å². The summed E-state index contributed by atoms with van der Waals surface area (Å²) in [5.41, 5.74) is 1.16. The van der Waals surface area contributed by atoms with Crippen molar-refractivity contribution in [3.8, 4) is 11.5 Å². The SMILES string of the molecule is CCNC(c1ccc(OC)c(OC)c1)c1sccc1Br. The summed E-state index contributed by atoms with van der Waals surface area (Å²) >= 11 is 5.35. The highest BCUT2D eigenvalue weighted by molar-refractivity contribution is 9.10. The van der Waals surface area contributed by atoms with E-state index < -0.39 is 0 Å². The molecule has 1 aromatic carbocycles. The maximum absolute atomic E-state index is 5.39. The van der Waals surface area contributed by atoms with Gasteiger partial charge < -0.3 is 14.8 Å². The van der Waals surface area contributed by atoms with Gasteiger partial charge in [0.1, 0.15) is 0 Å². The number of ether oxygens (including phenoxy) is 2. The topological polar surface area (TPSA) is 30.5 Å². The Bertz CT molecular complexity index is 571. The standard InChI is InChI=1S/C15H18BrNO2S/c1-4-17-14(15-11(16)7-8-20-15)10-5-6-12(18-2)13(9-10)19-3/h5-9,14,17H,4H2,1-3H3. The zero-order chi connectivity index (χ0) is 14.5. The minimum Gasteiger partial charge on any atom is -0.493 e. The Morgan fingerprint density at radius 1 is 1.20 bits per heavy atom. The summed E-state index contributed by atoms with van der Waals surface area (Å²) in [7, 11) is 3.31. The van der Waals surface area contributed by atoms with Crippen LogP contribution in [0.15, 0.2) is 34.1 Å². The average molecular weight is 356 g/mol. The normalized spacial score (nSPS) is 12.2. The second-order valence-corrected chi connectivity index (χ2v) is 6.04. The molecule has 0 aliphatic heterocycles. The third kappa shape index (κ3) is 3.16. The van der Waals surface area contributed by atoms with E-state index >= 15 is 0 Å². The van der Waals surface area contributed by atoms with Crippen LogP contribution in [0.25, 0.3) is 0 Å². The van der Waals surface area contributed by atoms with Crippen LogP contribution in [0.1, 0.15) is 23.4 Å². The number of hydrogen-bond acceptors (Lipinski definition) is 4. The predicted molar refractivity (Wildman–Crippen MR) is 87.1 cm³/mol. The third-order valence-corrected chi connectivity index (χ3v) is 4.99. The van der Waals surface area contributed by atoms with E-state index in [-0.39, 0.29) is 6.04 Å². The van der Waals surface area contributed by atoms with Crippen LogP contribution in [0.2, 0.25) is 0 Å². The van der Waals surface area contributed by atoms with Crippen LogP contribution in [0.4, 0.5) is 0 Å². The summed E-state index contributed by atoms with van der Waals surface area (Å²) in [6.45, 7) is 3.00. The fourth-order valence-electron chi connectivity index (χ4n) is 2.11. The molecule has 0 saturated heterocycles. The van der Waals surface area contributed by atoms with Crippen molar-refractivity contribution in [1.29, 1.82) is 0 Å². The lowest BCUT2D eigenvalue weighted by Gasteiger charge is -2.19. The molecule has 20 heavy (non-hydrogen) atoms. The third-order valence-electron chi connectivity index (χ3n) is 3.06. The first-order valence-corrected chi connectivity index (χ1v) is 8.06. The molecule has 0 fully saturated rings. The van der Waals surface area contributed by atoms with Gasteiger partial charge in [-0.2, -0.15) is 0 Å². The summed E-state index contributed by atoms with van der Waals surface area (Å²) in [5.74, 6) is 1.50. The molecule has 1 unspecified atom stereocenters. The van der Waals surface area contributed by atoms with E-state index in [2.05, 4.69) is 45.7 Å². The first kappa shape index (κ1) is 15.4. The van der Waals surface area contributed by atoms with Crippen LogP contribution in [-0.4, -0.2) is 20.8 Å². The molecule has 3 nitrogen and oxygen atoms in total. The number of thiophene rings is 1. The van der Waals surface area contributed by atoms with Crippen molar-refractivity contribution in [3.05, 3.63) is 44.6 Å². The van der Waals surface area contributed by atoms with E-state index in [0.29, 0.717) is 0 Å². The van der Waals surface area contributed by atoms with Crippen molar-refractivity contribution < 1.29 is 9.47 Å². The van der Waals surface area contributed by atoms with E-state index in [0.717, 1.165) is 28.1 Å². The Kier molecular flexibility index (Phi) is 5.46. The van der Waals surface area contributed by atoms with Crippen LogP contribution in [0.5, 0.6) is 11.5 Å². The van der Waals surface area contributed by atoms with Crippen molar-refractivity contribution in [2.75, 3.05) is 20.8 Å². The number of nitrogens with one attached hydrogen (secondary N) is 1. The van der Waals surface area contributed by atoms with Crippen LogP contribution < -0.4 is 14.8 Å². The van der Waals surface area contributed by atoms with Crippen molar-refractivity contribution in [1.82, 2.24) is 5.32 Å². The van der Waals surface area contributed by atoms with Gasteiger partial charge in [0.2, 0.25) is 0 Å². The summed E-state index contributed by atoms with van der Waals surface area (Å²) < 4.78 is 11.8. The molecule has 2 rings (SSSR count). The molecule has 0 bridgehead atoms. The lowest BCUT2D eigenvalue weighted by molar-refractivity contribution is 0.354. The number of hydrogen-bond donors (Lipinski definition) is 1. The minimum atomic E-state index is 0.147. The average Bonchev–Trinajstić information content (AvgIpc) is 2.90. The highest BCUT2D eigenvalue weighted by atomic mass is 79.9.